The summed E-state index contributed by atoms with van der Waals surface area (Å²) in [7, 11) is -1.00. The number of carbonyl (C=O) groups excluding carboxylic acids is 3. The zero-order valence-electron chi connectivity index (χ0n) is 26.8. The van der Waals surface area contributed by atoms with Crippen LogP contribution >= 0.6 is 0 Å². The third-order valence-electron chi connectivity index (χ3n) is 7.47. The molecule has 0 unspecified atom stereocenters. The van der Waals surface area contributed by atoms with Gasteiger partial charge in [-0.2, -0.15) is 0 Å². The van der Waals surface area contributed by atoms with Gasteiger partial charge in [-0.15, -0.1) is 0 Å². The first kappa shape index (κ1) is 37.7. The average molecular weight is 648 g/mol. The Morgan fingerprint density at radius 2 is 1.56 bits per heavy atom. The molecule has 3 atom stereocenters. The molecule has 0 fully saturated rings. The summed E-state index contributed by atoms with van der Waals surface area (Å²) in [5, 5.41) is 19.1. The lowest BCUT2D eigenvalue weighted by Gasteiger charge is -2.28. The van der Waals surface area contributed by atoms with Gasteiger partial charge in [-0.3, -0.25) is 14.4 Å². The number of ether oxygens (including phenoxy) is 2. The number of hydrogen-bond donors (Lipinski definition) is 4. The van der Waals surface area contributed by atoms with E-state index in [1.165, 1.54) is 7.11 Å². The molecule has 0 radical (unpaired) electrons. The monoisotopic (exact) mass is 647 g/mol. The summed E-state index contributed by atoms with van der Waals surface area (Å²) in [6, 6.07) is 14.6. The van der Waals surface area contributed by atoms with E-state index in [0.717, 1.165) is 11.1 Å². The largest absolute Gasteiger partial charge is 0.497 e. The first-order chi connectivity index (χ1) is 21.5. The Hall–Kier alpha value is -3.48. The van der Waals surface area contributed by atoms with E-state index in [1.807, 2.05) is 68.4 Å². The quantitative estimate of drug-likeness (QED) is 0.149. The van der Waals surface area contributed by atoms with Crippen LogP contribution in [-0.2, 0) is 41.9 Å². The predicted molar refractivity (Wildman–Crippen MR) is 173 cm³/mol. The van der Waals surface area contributed by atoms with Gasteiger partial charge in [0.05, 0.1) is 43.8 Å². The van der Waals surface area contributed by atoms with Crippen molar-refractivity contribution in [3.8, 4) is 5.75 Å². The standard InChI is InChI=1S/C33H49N3O8S/c1-5-11-27(12-6-2)45(41,42)23-29(35-31(38)17-18-32(39)44-4)33(40)36-28(20-24-13-8-7-9-14-24)30(37)22-34-21-25-15-10-16-26(19-25)43-3/h7-10,13-16,19,27-30,34,37H,5-6,11-12,17-18,20-23H2,1-4H3,(H,35,38)(H,36,40)/t28-,29-,30+/m0/s1. The van der Waals surface area contributed by atoms with Gasteiger partial charge in [-0.05, 0) is 42.5 Å². The van der Waals surface area contributed by atoms with E-state index in [0.29, 0.717) is 38.0 Å². The normalized spacial score (nSPS) is 13.5. The third-order valence-corrected chi connectivity index (χ3v) is 9.76. The number of aliphatic hydroxyl groups is 1. The average Bonchev–Trinajstić information content (AvgIpc) is 3.03. The maximum absolute atomic E-state index is 13.7. The van der Waals surface area contributed by atoms with Gasteiger partial charge in [0.25, 0.3) is 0 Å². The molecular formula is C33H49N3O8S. The van der Waals surface area contributed by atoms with Gasteiger partial charge in [0, 0.05) is 19.5 Å². The van der Waals surface area contributed by atoms with Crippen LogP contribution < -0.4 is 20.7 Å². The molecule has 2 aromatic carbocycles. The maximum atomic E-state index is 13.7. The van der Waals surface area contributed by atoms with Crippen LogP contribution in [-0.4, -0.2) is 81.3 Å². The molecule has 0 bridgehead atoms. The van der Waals surface area contributed by atoms with Gasteiger partial charge in [0.15, 0.2) is 9.84 Å². The van der Waals surface area contributed by atoms with Gasteiger partial charge in [0.1, 0.15) is 11.8 Å². The number of rotatable bonds is 21. The highest BCUT2D eigenvalue weighted by Gasteiger charge is 2.34. The van der Waals surface area contributed by atoms with Crippen molar-refractivity contribution >= 4 is 27.6 Å². The molecule has 0 saturated heterocycles. The summed E-state index contributed by atoms with van der Waals surface area (Å²) < 4.78 is 36.8. The van der Waals surface area contributed by atoms with Gasteiger partial charge in [0.2, 0.25) is 11.8 Å². The van der Waals surface area contributed by atoms with Crippen molar-refractivity contribution in [3.05, 3.63) is 65.7 Å². The maximum Gasteiger partial charge on any atom is 0.306 e. The molecule has 11 nitrogen and oxygen atoms in total. The van der Waals surface area contributed by atoms with Crippen molar-refractivity contribution in [1.82, 2.24) is 16.0 Å². The molecule has 45 heavy (non-hydrogen) atoms. The molecule has 4 N–H and O–H groups in total. The Morgan fingerprint density at radius 3 is 2.18 bits per heavy atom. The van der Waals surface area contributed by atoms with Gasteiger partial charge >= 0.3 is 5.97 Å². The minimum absolute atomic E-state index is 0.124. The summed E-state index contributed by atoms with van der Waals surface area (Å²) >= 11 is 0. The number of methoxy groups -OCH3 is 2. The fraction of sp³-hybridized carbons (Fsp3) is 0.545. The summed E-state index contributed by atoms with van der Waals surface area (Å²) in [6.45, 7) is 4.36. The first-order valence-corrected chi connectivity index (χ1v) is 17.2. The molecule has 0 heterocycles. The van der Waals surface area contributed by atoms with Crippen LogP contribution in [0.2, 0.25) is 0 Å². The highest BCUT2D eigenvalue weighted by atomic mass is 32.2. The van der Waals surface area contributed by atoms with Crippen LogP contribution in [0.4, 0.5) is 0 Å². The highest BCUT2D eigenvalue weighted by Crippen LogP contribution is 2.18. The molecule has 0 spiro atoms. The Balaban J connectivity index is 2.26. The summed E-state index contributed by atoms with van der Waals surface area (Å²) in [4.78, 5) is 38.1. The van der Waals surface area contributed by atoms with Crippen LogP contribution in [0.25, 0.3) is 0 Å². The minimum Gasteiger partial charge on any atom is -0.497 e. The van der Waals surface area contributed by atoms with E-state index in [9.17, 15) is 27.9 Å². The van der Waals surface area contributed by atoms with Crippen molar-refractivity contribution in [2.45, 2.75) is 88.8 Å². The molecule has 2 rings (SSSR count). The lowest BCUT2D eigenvalue weighted by Crippen LogP contribution is -2.57. The Kier molecular flexibility index (Phi) is 16.6. The van der Waals surface area contributed by atoms with Crippen molar-refractivity contribution < 1.29 is 37.4 Å². The van der Waals surface area contributed by atoms with Gasteiger partial charge < -0.3 is 30.5 Å². The fourth-order valence-corrected chi connectivity index (χ4v) is 7.17. The molecule has 0 aliphatic heterocycles. The van der Waals surface area contributed by atoms with Crippen LogP contribution in [0.1, 0.15) is 63.5 Å². The zero-order chi connectivity index (χ0) is 33.2. The second kappa shape index (κ2) is 19.8. The number of benzene rings is 2. The summed E-state index contributed by atoms with van der Waals surface area (Å²) in [5.41, 5.74) is 1.80. The SMILES string of the molecule is CCCC(CCC)S(=O)(=O)C[C@H](NC(=O)CCC(=O)OC)C(=O)N[C@@H](Cc1ccccc1)[C@H](O)CNCc1cccc(OC)c1. The van der Waals surface area contributed by atoms with Gasteiger partial charge in [-0.1, -0.05) is 69.2 Å². The molecule has 2 amide bonds. The van der Waals surface area contributed by atoms with E-state index < -0.39 is 56.8 Å². The first-order valence-electron chi connectivity index (χ1n) is 15.5. The molecule has 250 valence electrons. The lowest BCUT2D eigenvalue weighted by molar-refractivity contribution is -0.142. The van der Waals surface area contributed by atoms with Crippen molar-refractivity contribution in [2.75, 3.05) is 26.5 Å². The third kappa shape index (κ3) is 13.6. The van der Waals surface area contributed by atoms with E-state index >= 15 is 0 Å². The molecule has 0 aliphatic rings. The van der Waals surface area contributed by atoms with Crippen LogP contribution in [0.15, 0.2) is 54.6 Å². The molecule has 0 aromatic heterocycles. The van der Waals surface area contributed by atoms with E-state index in [1.54, 1.807) is 7.11 Å². The predicted octanol–water partition coefficient (Wildman–Crippen LogP) is 2.69. The van der Waals surface area contributed by atoms with Crippen molar-refractivity contribution in [3.63, 3.8) is 0 Å². The van der Waals surface area contributed by atoms with Crippen molar-refractivity contribution in [1.29, 1.82) is 0 Å². The number of aliphatic hydroxyl groups excluding tert-OH is 1. The molecular weight excluding hydrogens is 598 g/mol. The Morgan fingerprint density at radius 1 is 0.889 bits per heavy atom. The lowest BCUT2D eigenvalue weighted by atomic mass is 10.0. The fourth-order valence-electron chi connectivity index (χ4n) is 5.01. The topological polar surface area (TPSA) is 160 Å². The number of hydrogen-bond acceptors (Lipinski definition) is 9. The smallest absolute Gasteiger partial charge is 0.306 e. The second-order valence-corrected chi connectivity index (χ2v) is 13.4. The Bertz CT molecular complexity index is 1300. The number of esters is 1. The Labute approximate surface area is 267 Å². The number of carbonyl (C=O) groups is 3. The highest BCUT2D eigenvalue weighted by molar-refractivity contribution is 7.92. The number of amides is 2. The molecule has 0 saturated carbocycles. The van der Waals surface area contributed by atoms with E-state index in [4.69, 9.17) is 4.74 Å². The van der Waals surface area contributed by atoms with Crippen LogP contribution in [0, 0.1) is 0 Å². The molecule has 0 aliphatic carbocycles. The second-order valence-electron chi connectivity index (χ2n) is 11.1. The van der Waals surface area contributed by atoms with E-state index in [-0.39, 0.29) is 25.8 Å². The van der Waals surface area contributed by atoms with E-state index in [2.05, 4.69) is 20.7 Å². The van der Waals surface area contributed by atoms with Crippen molar-refractivity contribution in [2.24, 2.45) is 0 Å². The van der Waals surface area contributed by atoms with Crippen LogP contribution in [0.5, 0.6) is 5.75 Å². The molecule has 2 aromatic rings. The number of nitrogens with one attached hydrogen (secondary N) is 3. The summed E-state index contributed by atoms with van der Waals surface area (Å²) in [5.74, 6) is -1.88. The van der Waals surface area contributed by atoms with Gasteiger partial charge in [-0.25, -0.2) is 8.42 Å². The number of sulfone groups is 1. The summed E-state index contributed by atoms with van der Waals surface area (Å²) in [6.07, 6.45) is 0.906. The van der Waals surface area contributed by atoms with Crippen LogP contribution in [0.3, 0.4) is 0 Å². The minimum atomic E-state index is -3.79. The molecule has 12 heteroatoms. The zero-order valence-corrected chi connectivity index (χ0v) is 27.6.